The van der Waals surface area contributed by atoms with Crippen LogP contribution in [0.25, 0.3) is 10.9 Å². The second-order valence-electron chi connectivity index (χ2n) is 4.08. The number of hydrogen-bond acceptors (Lipinski definition) is 3. The Morgan fingerprint density at radius 1 is 1.44 bits per heavy atom. The molecule has 1 atom stereocenters. The number of aromatic nitrogens is 1. The van der Waals surface area contributed by atoms with Crippen LogP contribution in [0.1, 0.15) is 6.92 Å². The molecule has 3 nitrogen and oxygen atoms in total. The summed E-state index contributed by atoms with van der Waals surface area (Å²) in [5.74, 6) is 0.408. The van der Waals surface area contributed by atoms with E-state index in [1.54, 1.807) is 13.2 Å². The number of anilines is 1. The molecule has 2 rings (SSSR count). The molecule has 0 saturated heterocycles. The Morgan fingerprint density at radius 2 is 2.22 bits per heavy atom. The molecule has 96 valence electrons. The van der Waals surface area contributed by atoms with E-state index in [9.17, 15) is 4.39 Å². The van der Waals surface area contributed by atoms with Crippen LogP contribution in [0.2, 0.25) is 0 Å². The van der Waals surface area contributed by atoms with Crippen molar-refractivity contribution in [2.45, 2.75) is 13.0 Å². The van der Waals surface area contributed by atoms with E-state index in [-0.39, 0.29) is 11.9 Å². The predicted octanol–water partition coefficient (Wildman–Crippen LogP) is 3.58. The molecule has 1 aromatic heterocycles. The number of methoxy groups -OCH3 is 1. The first-order chi connectivity index (χ1) is 8.60. The Kier molecular flexibility index (Phi) is 4.14. The number of halogens is 2. The molecule has 5 heteroatoms. The number of pyridine rings is 1. The first-order valence-electron chi connectivity index (χ1n) is 5.62. The summed E-state index contributed by atoms with van der Waals surface area (Å²) in [5.41, 5.74) is 0.630. The van der Waals surface area contributed by atoms with E-state index in [0.29, 0.717) is 22.4 Å². The highest BCUT2D eigenvalue weighted by Gasteiger charge is 2.05. The van der Waals surface area contributed by atoms with Crippen molar-refractivity contribution in [1.82, 2.24) is 4.98 Å². The van der Waals surface area contributed by atoms with Crippen LogP contribution < -0.4 is 5.32 Å². The SMILES string of the molecule is COC(C)CNc1ccc2cc(Br)c(F)cc2n1. The molecule has 0 bridgehead atoms. The Hall–Kier alpha value is -1.20. The van der Waals surface area contributed by atoms with E-state index in [0.717, 1.165) is 5.39 Å². The molecule has 0 radical (unpaired) electrons. The normalized spacial score (nSPS) is 12.7. The highest BCUT2D eigenvalue weighted by Crippen LogP contribution is 2.23. The van der Waals surface area contributed by atoms with Gasteiger partial charge in [-0.3, -0.25) is 0 Å². The summed E-state index contributed by atoms with van der Waals surface area (Å²) in [6, 6.07) is 6.92. The molecule has 1 heterocycles. The van der Waals surface area contributed by atoms with Crippen molar-refractivity contribution in [3.05, 3.63) is 34.6 Å². The van der Waals surface area contributed by atoms with Crippen molar-refractivity contribution in [3.8, 4) is 0 Å². The summed E-state index contributed by atoms with van der Waals surface area (Å²) in [4.78, 5) is 4.36. The van der Waals surface area contributed by atoms with Crippen LogP contribution in [0.5, 0.6) is 0 Å². The first-order valence-corrected chi connectivity index (χ1v) is 6.42. The zero-order chi connectivity index (χ0) is 13.1. The Morgan fingerprint density at radius 3 is 2.94 bits per heavy atom. The molecule has 1 unspecified atom stereocenters. The van der Waals surface area contributed by atoms with Gasteiger partial charge in [-0.2, -0.15) is 0 Å². The van der Waals surface area contributed by atoms with Gasteiger partial charge in [0, 0.05) is 25.1 Å². The van der Waals surface area contributed by atoms with Gasteiger partial charge in [-0.05, 0) is 41.1 Å². The zero-order valence-electron chi connectivity index (χ0n) is 10.2. The van der Waals surface area contributed by atoms with E-state index in [1.807, 2.05) is 19.1 Å². The van der Waals surface area contributed by atoms with Gasteiger partial charge in [0.2, 0.25) is 0 Å². The van der Waals surface area contributed by atoms with E-state index in [4.69, 9.17) is 4.74 Å². The lowest BCUT2D eigenvalue weighted by atomic mass is 10.2. The minimum Gasteiger partial charge on any atom is -0.380 e. The fourth-order valence-electron chi connectivity index (χ4n) is 1.55. The van der Waals surface area contributed by atoms with Crippen molar-refractivity contribution in [1.29, 1.82) is 0 Å². The minimum atomic E-state index is -0.308. The van der Waals surface area contributed by atoms with Gasteiger partial charge < -0.3 is 10.1 Å². The largest absolute Gasteiger partial charge is 0.380 e. The van der Waals surface area contributed by atoms with E-state index >= 15 is 0 Å². The summed E-state index contributed by atoms with van der Waals surface area (Å²) in [5, 5.41) is 4.05. The van der Waals surface area contributed by atoms with Crippen molar-refractivity contribution in [2.75, 3.05) is 19.0 Å². The first kappa shape index (κ1) is 13.2. The number of hydrogen-bond donors (Lipinski definition) is 1. The smallest absolute Gasteiger partial charge is 0.139 e. The molecule has 1 aromatic carbocycles. The van der Waals surface area contributed by atoms with Gasteiger partial charge in [0.1, 0.15) is 11.6 Å². The van der Waals surface area contributed by atoms with Crippen LogP contribution >= 0.6 is 15.9 Å². The quantitative estimate of drug-likeness (QED) is 0.937. The van der Waals surface area contributed by atoms with Gasteiger partial charge in [0.25, 0.3) is 0 Å². The Labute approximate surface area is 113 Å². The second-order valence-corrected chi connectivity index (χ2v) is 4.94. The third kappa shape index (κ3) is 2.97. The number of nitrogens with zero attached hydrogens (tertiary/aromatic N) is 1. The topological polar surface area (TPSA) is 34.1 Å². The molecular formula is C13H14BrFN2O. The predicted molar refractivity (Wildman–Crippen MR) is 74.4 cm³/mol. The van der Waals surface area contributed by atoms with Crippen molar-refractivity contribution >= 4 is 32.7 Å². The minimum absolute atomic E-state index is 0.101. The van der Waals surface area contributed by atoms with E-state index in [1.165, 1.54) is 6.07 Å². The number of benzene rings is 1. The lowest BCUT2D eigenvalue weighted by Crippen LogP contribution is -2.18. The highest BCUT2D eigenvalue weighted by molar-refractivity contribution is 9.10. The molecule has 2 aromatic rings. The fraction of sp³-hybridized carbons (Fsp3) is 0.308. The van der Waals surface area contributed by atoms with Crippen LogP contribution in [-0.2, 0) is 4.74 Å². The molecule has 0 saturated carbocycles. The van der Waals surface area contributed by atoms with E-state index in [2.05, 4.69) is 26.2 Å². The van der Waals surface area contributed by atoms with Gasteiger partial charge in [-0.25, -0.2) is 9.37 Å². The maximum Gasteiger partial charge on any atom is 0.139 e. The summed E-state index contributed by atoms with van der Waals surface area (Å²) in [6.07, 6.45) is 0.101. The van der Waals surface area contributed by atoms with Crippen LogP contribution in [0.4, 0.5) is 10.2 Å². The maximum absolute atomic E-state index is 13.4. The summed E-state index contributed by atoms with van der Waals surface area (Å²) >= 11 is 3.16. The standard InChI is InChI=1S/C13H14BrFN2O/c1-8(18-2)7-16-13-4-3-9-5-10(14)11(15)6-12(9)17-13/h3-6,8H,7H2,1-2H3,(H,16,17). The van der Waals surface area contributed by atoms with E-state index < -0.39 is 0 Å². The van der Waals surface area contributed by atoms with Crippen LogP contribution in [-0.4, -0.2) is 24.7 Å². The number of rotatable bonds is 4. The summed E-state index contributed by atoms with van der Waals surface area (Å²) < 4.78 is 19.0. The van der Waals surface area contributed by atoms with Crippen molar-refractivity contribution in [3.63, 3.8) is 0 Å². The second kappa shape index (κ2) is 5.63. The number of ether oxygens (including phenoxy) is 1. The highest BCUT2D eigenvalue weighted by atomic mass is 79.9. The van der Waals surface area contributed by atoms with Crippen LogP contribution in [0.15, 0.2) is 28.7 Å². The maximum atomic E-state index is 13.4. The molecule has 0 aliphatic rings. The lowest BCUT2D eigenvalue weighted by Gasteiger charge is -2.11. The fourth-order valence-corrected chi connectivity index (χ4v) is 1.91. The molecular weight excluding hydrogens is 299 g/mol. The van der Waals surface area contributed by atoms with Crippen molar-refractivity contribution in [2.24, 2.45) is 0 Å². The van der Waals surface area contributed by atoms with Gasteiger partial charge >= 0.3 is 0 Å². The van der Waals surface area contributed by atoms with Gasteiger partial charge in [-0.15, -0.1) is 0 Å². The van der Waals surface area contributed by atoms with Crippen LogP contribution in [0.3, 0.4) is 0 Å². The average Bonchev–Trinajstić information content (AvgIpc) is 2.37. The van der Waals surface area contributed by atoms with Gasteiger partial charge in [0.15, 0.2) is 0 Å². The monoisotopic (exact) mass is 312 g/mol. The molecule has 0 aliphatic carbocycles. The summed E-state index contributed by atoms with van der Waals surface area (Å²) in [7, 11) is 1.66. The Balaban J connectivity index is 2.24. The van der Waals surface area contributed by atoms with Crippen LogP contribution in [0, 0.1) is 5.82 Å². The molecule has 0 amide bonds. The third-order valence-corrected chi connectivity index (χ3v) is 3.31. The molecule has 1 N–H and O–H groups in total. The van der Waals surface area contributed by atoms with Gasteiger partial charge in [0.05, 0.1) is 16.1 Å². The molecule has 0 fully saturated rings. The molecule has 0 aliphatic heterocycles. The summed E-state index contributed by atoms with van der Waals surface area (Å²) in [6.45, 7) is 2.62. The average molecular weight is 313 g/mol. The molecule has 0 spiro atoms. The zero-order valence-corrected chi connectivity index (χ0v) is 11.8. The number of nitrogens with one attached hydrogen (secondary N) is 1. The lowest BCUT2D eigenvalue weighted by molar-refractivity contribution is 0.128. The number of fused-ring (bicyclic) bond motifs is 1. The van der Waals surface area contributed by atoms with Gasteiger partial charge in [-0.1, -0.05) is 0 Å². The Bertz CT molecular complexity index is 562. The third-order valence-electron chi connectivity index (χ3n) is 2.70. The molecule has 18 heavy (non-hydrogen) atoms. The van der Waals surface area contributed by atoms with Crippen molar-refractivity contribution < 1.29 is 9.13 Å².